The van der Waals surface area contributed by atoms with Crippen molar-refractivity contribution in [2.24, 2.45) is 0 Å². The number of carbonyl (C=O) groups is 1. The Labute approximate surface area is 117 Å². The molecule has 0 saturated carbocycles. The molecule has 0 radical (unpaired) electrons. The zero-order valence-electron chi connectivity index (χ0n) is 11.3. The summed E-state index contributed by atoms with van der Waals surface area (Å²) in [5, 5.41) is 3.70. The van der Waals surface area contributed by atoms with Crippen LogP contribution in [0.5, 0.6) is 0 Å². The molecule has 2 rings (SSSR count). The molecule has 1 aliphatic rings. The predicted molar refractivity (Wildman–Crippen MR) is 71.9 cm³/mol. The number of carbonyl (C=O) groups excluding carboxylic acids is 1. The maximum absolute atomic E-state index is 12.1. The lowest BCUT2D eigenvalue weighted by Gasteiger charge is -2.30. The topological polar surface area (TPSA) is 58.6 Å². The van der Waals surface area contributed by atoms with Crippen LogP contribution in [0, 0.1) is 0 Å². The summed E-state index contributed by atoms with van der Waals surface area (Å²) < 4.78 is 5.36. The summed E-state index contributed by atoms with van der Waals surface area (Å²) in [5.74, 6) is 0.452. The lowest BCUT2D eigenvalue weighted by atomic mass is 10.2. The molecular weight excluding hydrogens is 268 g/mol. The van der Waals surface area contributed by atoms with Gasteiger partial charge in [0.1, 0.15) is 5.60 Å². The van der Waals surface area contributed by atoms with Crippen LogP contribution in [-0.2, 0) is 4.74 Å². The summed E-state index contributed by atoms with van der Waals surface area (Å²) in [4.78, 5) is 20.3. The van der Waals surface area contributed by atoms with Crippen molar-refractivity contribution in [3.8, 4) is 0 Å². The molecule has 0 N–H and O–H groups in total. The minimum Gasteiger partial charge on any atom is -0.442 e. The van der Waals surface area contributed by atoms with E-state index in [4.69, 9.17) is 16.3 Å². The predicted octanol–water partition coefficient (Wildman–Crippen LogP) is 2.49. The number of hydrogen-bond donors (Lipinski definition) is 0. The summed E-state index contributed by atoms with van der Waals surface area (Å²) in [6.07, 6.45) is 3.49. The summed E-state index contributed by atoms with van der Waals surface area (Å²) in [6, 6.07) is 0. The van der Waals surface area contributed by atoms with Crippen LogP contribution in [0.15, 0.2) is 12.4 Å². The highest BCUT2D eigenvalue weighted by Gasteiger charge is 2.32. The number of aromatic nitrogens is 2. The highest BCUT2D eigenvalue weighted by atomic mass is 35.5. The van der Waals surface area contributed by atoms with Crippen LogP contribution in [0.3, 0.4) is 0 Å². The first-order valence-electron chi connectivity index (χ1n) is 6.12. The summed E-state index contributed by atoms with van der Waals surface area (Å²) in [7, 11) is 0. The zero-order valence-corrected chi connectivity index (χ0v) is 12.0. The Kier molecular flexibility index (Phi) is 3.80. The van der Waals surface area contributed by atoms with Crippen molar-refractivity contribution in [3.63, 3.8) is 0 Å². The van der Waals surface area contributed by atoms with E-state index in [0.29, 0.717) is 24.1 Å². The number of ether oxygens (including phenoxy) is 1. The normalized spacial score (nSPS) is 15.8. The largest absolute Gasteiger partial charge is 0.442 e. The molecule has 1 aliphatic heterocycles. The van der Waals surface area contributed by atoms with Gasteiger partial charge < -0.3 is 4.74 Å². The van der Waals surface area contributed by atoms with E-state index >= 15 is 0 Å². The number of hydrogen-bond acceptors (Lipinski definition) is 5. The van der Waals surface area contributed by atoms with Crippen molar-refractivity contribution >= 4 is 23.6 Å². The molecule has 0 bridgehead atoms. The first kappa shape index (κ1) is 13.9. The summed E-state index contributed by atoms with van der Waals surface area (Å²) in [6.45, 7) is 6.79. The van der Waals surface area contributed by atoms with E-state index < -0.39 is 5.60 Å². The van der Waals surface area contributed by atoms with Gasteiger partial charge in [-0.15, -0.1) is 0 Å². The first-order chi connectivity index (χ1) is 8.87. The van der Waals surface area contributed by atoms with Crippen molar-refractivity contribution in [2.45, 2.75) is 32.8 Å². The number of halogens is 1. The maximum Gasteiger partial charge on any atom is 0.429 e. The Morgan fingerprint density at radius 3 is 2.53 bits per heavy atom. The highest BCUT2D eigenvalue weighted by Crippen LogP contribution is 2.21. The molecule has 0 spiro atoms. The fraction of sp³-hybridized carbons (Fsp3) is 0.583. The number of hydrazine groups is 1. The SMILES string of the molecule is CC(C)(C)OC(=O)N1CCCN1c1ncc(Cl)cn1. The van der Waals surface area contributed by atoms with Crippen LogP contribution in [0.1, 0.15) is 27.2 Å². The minimum absolute atomic E-state index is 0.386. The lowest BCUT2D eigenvalue weighted by Crippen LogP contribution is -2.44. The van der Waals surface area contributed by atoms with Gasteiger partial charge in [-0.25, -0.2) is 24.8 Å². The molecule has 7 heteroatoms. The average Bonchev–Trinajstić information content (AvgIpc) is 2.76. The van der Waals surface area contributed by atoms with E-state index in [2.05, 4.69) is 9.97 Å². The average molecular weight is 285 g/mol. The molecule has 1 aromatic heterocycles. The van der Waals surface area contributed by atoms with Crippen LogP contribution in [0.25, 0.3) is 0 Å². The molecule has 1 fully saturated rings. The molecular formula is C12H17ClN4O2. The van der Waals surface area contributed by atoms with Crippen molar-refractivity contribution in [3.05, 3.63) is 17.4 Å². The van der Waals surface area contributed by atoms with E-state index in [1.54, 1.807) is 5.01 Å². The smallest absolute Gasteiger partial charge is 0.429 e. The fourth-order valence-corrected chi connectivity index (χ4v) is 1.86. The molecule has 2 heterocycles. The molecule has 0 aliphatic carbocycles. The van der Waals surface area contributed by atoms with E-state index in [0.717, 1.165) is 6.42 Å². The van der Waals surface area contributed by atoms with Gasteiger partial charge in [0.15, 0.2) is 0 Å². The lowest BCUT2D eigenvalue weighted by molar-refractivity contribution is 0.0271. The molecule has 6 nitrogen and oxygen atoms in total. The van der Waals surface area contributed by atoms with Gasteiger partial charge in [0, 0.05) is 13.1 Å². The van der Waals surface area contributed by atoms with Gasteiger partial charge in [0.05, 0.1) is 17.4 Å². The van der Waals surface area contributed by atoms with E-state index in [1.165, 1.54) is 17.4 Å². The summed E-state index contributed by atoms with van der Waals surface area (Å²) >= 11 is 5.76. The van der Waals surface area contributed by atoms with Gasteiger partial charge in [-0.05, 0) is 27.2 Å². The Morgan fingerprint density at radius 1 is 1.32 bits per heavy atom. The van der Waals surface area contributed by atoms with Crippen molar-refractivity contribution in [1.82, 2.24) is 15.0 Å². The molecule has 19 heavy (non-hydrogen) atoms. The van der Waals surface area contributed by atoms with Gasteiger partial charge in [0.25, 0.3) is 0 Å². The molecule has 1 aromatic rings. The van der Waals surface area contributed by atoms with Crippen molar-refractivity contribution < 1.29 is 9.53 Å². The second kappa shape index (κ2) is 5.21. The fourth-order valence-electron chi connectivity index (χ4n) is 1.76. The Morgan fingerprint density at radius 2 is 1.95 bits per heavy atom. The third kappa shape index (κ3) is 3.47. The quantitative estimate of drug-likeness (QED) is 0.793. The van der Waals surface area contributed by atoms with Crippen LogP contribution >= 0.6 is 11.6 Å². The number of rotatable bonds is 1. The molecule has 0 atom stereocenters. The highest BCUT2D eigenvalue weighted by molar-refractivity contribution is 6.30. The molecule has 1 amide bonds. The third-order valence-electron chi connectivity index (χ3n) is 2.47. The Balaban J connectivity index is 2.12. The van der Waals surface area contributed by atoms with Crippen LogP contribution < -0.4 is 5.01 Å². The Bertz CT molecular complexity index is 458. The standard InChI is InChI=1S/C12H17ClN4O2/c1-12(2,3)19-11(18)17-6-4-5-16(17)10-14-7-9(13)8-15-10/h7-8H,4-6H2,1-3H3. The number of amides is 1. The summed E-state index contributed by atoms with van der Waals surface area (Å²) in [5.41, 5.74) is -0.522. The van der Waals surface area contributed by atoms with Crippen molar-refractivity contribution in [2.75, 3.05) is 18.1 Å². The van der Waals surface area contributed by atoms with E-state index in [9.17, 15) is 4.79 Å². The first-order valence-corrected chi connectivity index (χ1v) is 6.50. The zero-order chi connectivity index (χ0) is 14.0. The number of anilines is 1. The van der Waals surface area contributed by atoms with Crippen molar-refractivity contribution in [1.29, 1.82) is 0 Å². The van der Waals surface area contributed by atoms with Gasteiger partial charge in [-0.2, -0.15) is 0 Å². The van der Waals surface area contributed by atoms with E-state index in [-0.39, 0.29) is 6.09 Å². The molecule has 0 unspecified atom stereocenters. The van der Waals surface area contributed by atoms with Crippen LogP contribution in [0.4, 0.5) is 10.7 Å². The van der Waals surface area contributed by atoms with E-state index in [1.807, 2.05) is 20.8 Å². The molecule has 0 aromatic carbocycles. The van der Waals surface area contributed by atoms with Crippen LogP contribution in [0.2, 0.25) is 5.02 Å². The monoisotopic (exact) mass is 284 g/mol. The van der Waals surface area contributed by atoms with Gasteiger partial charge in [0.2, 0.25) is 5.95 Å². The van der Waals surface area contributed by atoms with Gasteiger partial charge in [-0.3, -0.25) is 0 Å². The molecule has 1 saturated heterocycles. The van der Waals surface area contributed by atoms with Gasteiger partial charge in [-0.1, -0.05) is 11.6 Å². The van der Waals surface area contributed by atoms with Crippen LogP contribution in [-0.4, -0.2) is 39.8 Å². The third-order valence-corrected chi connectivity index (χ3v) is 2.67. The number of nitrogens with zero attached hydrogens (tertiary/aromatic N) is 4. The molecule has 104 valence electrons. The Hall–Kier alpha value is -1.56. The minimum atomic E-state index is -0.522. The second-order valence-corrected chi connectivity index (χ2v) is 5.72. The maximum atomic E-state index is 12.1. The van der Waals surface area contributed by atoms with Gasteiger partial charge >= 0.3 is 6.09 Å². The second-order valence-electron chi connectivity index (χ2n) is 5.28.